The van der Waals surface area contributed by atoms with E-state index in [4.69, 9.17) is 0 Å². The Kier molecular flexibility index (Phi) is 4.01. The average molecular weight is 347 g/mol. The van der Waals surface area contributed by atoms with E-state index in [0.29, 0.717) is 13.1 Å². The van der Waals surface area contributed by atoms with Crippen molar-refractivity contribution in [1.29, 1.82) is 0 Å². The highest BCUT2D eigenvalue weighted by atomic mass is 16.6. The summed E-state index contributed by atoms with van der Waals surface area (Å²) in [7, 11) is 0. The van der Waals surface area contributed by atoms with E-state index in [-0.39, 0.29) is 17.3 Å². The molecule has 1 N–H and O–H groups in total. The Balaban J connectivity index is 1.56. The van der Waals surface area contributed by atoms with Crippen molar-refractivity contribution in [3.05, 3.63) is 82.2 Å². The molecule has 2 heterocycles. The maximum absolute atomic E-state index is 12.5. The van der Waals surface area contributed by atoms with Crippen LogP contribution in [0.4, 0.5) is 5.69 Å². The van der Waals surface area contributed by atoms with Gasteiger partial charge in [-0.2, -0.15) is 0 Å². The predicted molar refractivity (Wildman–Crippen MR) is 99.9 cm³/mol. The second-order valence-corrected chi connectivity index (χ2v) is 6.29. The van der Waals surface area contributed by atoms with Gasteiger partial charge < -0.3 is 9.88 Å². The van der Waals surface area contributed by atoms with Crippen molar-refractivity contribution in [2.45, 2.75) is 6.42 Å². The molecule has 0 unspecified atom stereocenters. The molecular weight excluding hydrogens is 330 g/mol. The second kappa shape index (κ2) is 6.48. The number of hydrogen-bond donors (Lipinski definition) is 1. The number of carbonyl (C=O) groups excluding carboxylic acids is 1. The zero-order chi connectivity index (χ0) is 18.1. The van der Waals surface area contributed by atoms with E-state index in [9.17, 15) is 14.9 Å². The zero-order valence-corrected chi connectivity index (χ0v) is 14.0. The normalized spacial score (nSPS) is 14.3. The summed E-state index contributed by atoms with van der Waals surface area (Å²) >= 11 is 0. The van der Waals surface area contributed by atoms with Crippen molar-refractivity contribution in [2.75, 3.05) is 13.1 Å². The molecule has 0 radical (unpaired) electrons. The average Bonchev–Trinajstić information content (AvgIpc) is 3.18. The number of H-pyrrole nitrogens is 1. The summed E-state index contributed by atoms with van der Waals surface area (Å²) in [6.07, 6.45) is 4.07. The fraction of sp³-hybridized carbons (Fsp3) is 0.150. The molecule has 0 atom stereocenters. The van der Waals surface area contributed by atoms with Crippen LogP contribution in [0.25, 0.3) is 16.3 Å². The highest BCUT2D eigenvalue weighted by molar-refractivity contribution is 5.96. The smallest absolute Gasteiger partial charge is 0.287 e. The molecule has 1 aliphatic heterocycles. The molecule has 1 aromatic heterocycles. The van der Waals surface area contributed by atoms with Crippen molar-refractivity contribution in [2.24, 2.45) is 0 Å². The quantitative estimate of drug-likeness (QED) is 0.574. The summed E-state index contributed by atoms with van der Waals surface area (Å²) in [4.78, 5) is 27.2. The number of rotatable bonds is 3. The number of fused-ring (bicyclic) bond motifs is 1. The Hall–Kier alpha value is -3.41. The van der Waals surface area contributed by atoms with Gasteiger partial charge >= 0.3 is 0 Å². The number of nitrogens with zero attached hydrogens (tertiary/aromatic N) is 2. The van der Waals surface area contributed by atoms with Gasteiger partial charge in [0.05, 0.1) is 11.1 Å². The van der Waals surface area contributed by atoms with Crippen LogP contribution < -0.4 is 0 Å². The van der Waals surface area contributed by atoms with Gasteiger partial charge in [0.2, 0.25) is 0 Å². The molecule has 0 bridgehead atoms. The third kappa shape index (κ3) is 2.86. The molecule has 1 aliphatic rings. The lowest BCUT2D eigenvalue weighted by molar-refractivity contribution is -0.384. The second-order valence-electron chi connectivity index (χ2n) is 6.29. The number of amides is 1. The first-order valence-electron chi connectivity index (χ1n) is 8.43. The molecule has 1 amide bonds. The first kappa shape index (κ1) is 16.1. The summed E-state index contributed by atoms with van der Waals surface area (Å²) < 4.78 is 0. The fourth-order valence-corrected chi connectivity index (χ4v) is 3.39. The van der Waals surface area contributed by atoms with Crippen molar-refractivity contribution in [3.63, 3.8) is 0 Å². The van der Waals surface area contributed by atoms with E-state index in [1.54, 1.807) is 4.90 Å². The van der Waals surface area contributed by atoms with Crippen LogP contribution in [0.2, 0.25) is 0 Å². The highest BCUT2D eigenvalue weighted by Crippen LogP contribution is 2.29. The van der Waals surface area contributed by atoms with Crippen LogP contribution in [0.1, 0.15) is 22.5 Å². The van der Waals surface area contributed by atoms with Crippen LogP contribution in [0, 0.1) is 10.1 Å². The SMILES string of the molecule is O=C(c1cc([N+](=O)[O-])c[nH]1)N1CC=C(c2cccc3ccccc23)CC1. The van der Waals surface area contributed by atoms with Crippen LogP contribution >= 0.6 is 0 Å². The lowest BCUT2D eigenvalue weighted by atomic mass is 9.94. The molecule has 0 saturated carbocycles. The summed E-state index contributed by atoms with van der Waals surface area (Å²) in [5, 5.41) is 13.2. The summed E-state index contributed by atoms with van der Waals surface area (Å²) in [6.45, 7) is 1.07. The van der Waals surface area contributed by atoms with Gasteiger partial charge in [-0.05, 0) is 28.3 Å². The van der Waals surface area contributed by atoms with Crippen molar-refractivity contribution < 1.29 is 9.72 Å². The molecule has 2 aromatic carbocycles. The van der Waals surface area contributed by atoms with Gasteiger partial charge in [0.1, 0.15) is 5.69 Å². The number of benzene rings is 2. The number of nitrogens with one attached hydrogen (secondary N) is 1. The molecule has 0 fully saturated rings. The van der Waals surface area contributed by atoms with E-state index in [2.05, 4.69) is 35.3 Å². The van der Waals surface area contributed by atoms with Crippen molar-refractivity contribution in [1.82, 2.24) is 9.88 Å². The zero-order valence-electron chi connectivity index (χ0n) is 14.0. The Morgan fingerprint density at radius 3 is 2.69 bits per heavy atom. The van der Waals surface area contributed by atoms with E-state index in [1.807, 2.05) is 18.2 Å². The minimum Gasteiger partial charge on any atom is -0.351 e. The summed E-state index contributed by atoms with van der Waals surface area (Å²) in [5.74, 6) is -0.216. The molecule has 6 nitrogen and oxygen atoms in total. The van der Waals surface area contributed by atoms with Gasteiger partial charge in [0.15, 0.2) is 0 Å². The molecule has 4 rings (SSSR count). The van der Waals surface area contributed by atoms with Crippen LogP contribution in [0.3, 0.4) is 0 Å². The lowest BCUT2D eigenvalue weighted by Gasteiger charge is -2.26. The fourth-order valence-electron chi connectivity index (χ4n) is 3.39. The van der Waals surface area contributed by atoms with E-state index in [0.717, 1.165) is 6.42 Å². The third-order valence-electron chi connectivity index (χ3n) is 4.74. The minimum atomic E-state index is -0.512. The molecular formula is C20H17N3O3. The highest BCUT2D eigenvalue weighted by Gasteiger charge is 2.22. The van der Waals surface area contributed by atoms with E-state index in [1.165, 1.54) is 34.2 Å². The van der Waals surface area contributed by atoms with Crippen LogP contribution in [0.15, 0.2) is 60.8 Å². The molecule has 130 valence electrons. The Morgan fingerprint density at radius 2 is 1.96 bits per heavy atom. The van der Waals surface area contributed by atoms with Crippen LogP contribution in [-0.2, 0) is 0 Å². The van der Waals surface area contributed by atoms with E-state index >= 15 is 0 Å². The van der Waals surface area contributed by atoms with Gasteiger partial charge in [-0.1, -0.05) is 48.5 Å². The van der Waals surface area contributed by atoms with Gasteiger partial charge in [-0.3, -0.25) is 14.9 Å². The van der Waals surface area contributed by atoms with Gasteiger partial charge in [-0.15, -0.1) is 0 Å². The minimum absolute atomic E-state index is 0.0997. The number of aromatic nitrogens is 1. The maximum Gasteiger partial charge on any atom is 0.287 e. The van der Waals surface area contributed by atoms with E-state index < -0.39 is 4.92 Å². The van der Waals surface area contributed by atoms with Gasteiger partial charge in [0, 0.05) is 19.2 Å². The Morgan fingerprint density at radius 1 is 1.15 bits per heavy atom. The number of carbonyl (C=O) groups is 1. The lowest BCUT2D eigenvalue weighted by Crippen LogP contribution is -2.34. The molecule has 6 heteroatoms. The van der Waals surface area contributed by atoms with Crippen molar-refractivity contribution >= 4 is 27.9 Å². The predicted octanol–water partition coefficient (Wildman–Crippen LogP) is 4.01. The summed E-state index contributed by atoms with van der Waals surface area (Å²) in [5.41, 5.74) is 2.57. The number of aromatic amines is 1. The van der Waals surface area contributed by atoms with Crippen molar-refractivity contribution in [3.8, 4) is 0 Å². The van der Waals surface area contributed by atoms with Gasteiger partial charge in [0.25, 0.3) is 11.6 Å². The number of hydrogen-bond acceptors (Lipinski definition) is 3. The first-order chi connectivity index (χ1) is 12.6. The molecule has 0 saturated heterocycles. The molecule has 3 aromatic rings. The standard InChI is InChI=1S/C20H17N3O3/c24-20(19-12-16(13-21-19)23(25)26)22-10-8-15(9-11-22)18-7-3-5-14-4-1-2-6-17(14)18/h1-8,12-13,21H,9-11H2. The van der Waals surface area contributed by atoms with Crippen LogP contribution in [0.5, 0.6) is 0 Å². The first-order valence-corrected chi connectivity index (χ1v) is 8.43. The third-order valence-corrected chi connectivity index (χ3v) is 4.74. The number of nitro groups is 1. The monoisotopic (exact) mass is 347 g/mol. The molecule has 0 aliphatic carbocycles. The summed E-state index contributed by atoms with van der Waals surface area (Å²) in [6, 6.07) is 15.8. The Bertz CT molecular complexity index is 1030. The van der Waals surface area contributed by atoms with Crippen LogP contribution in [-0.4, -0.2) is 33.8 Å². The molecule has 26 heavy (non-hydrogen) atoms. The topological polar surface area (TPSA) is 79.2 Å². The Labute approximate surface area is 149 Å². The largest absolute Gasteiger partial charge is 0.351 e. The van der Waals surface area contributed by atoms with Gasteiger partial charge in [-0.25, -0.2) is 0 Å². The molecule has 0 spiro atoms. The maximum atomic E-state index is 12.5.